The van der Waals surface area contributed by atoms with Crippen molar-refractivity contribution in [1.82, 2.24) is 4.90 Å². The predicted molar refractivity (Wildman–Crippen MR) is 99.9 cm³/mol. The number of nitrogens with zero attached hydrogens (tertiary/aromatic N) is 1. The maximum absolute atomic E-state index is 6.05. The lowest BCUT2D eigenvalue weighted by atomic mass is 9.89. The summed E-state index contributed by atoms with van der Waals surface area (Å²) >= 11 is 0. The Labute approximate surface area is 150 Å². The van der Waals surface area contributed by atoms with Gasteiger partial charge in [0.15, 0.2) is 0 Å². The highest BCUT2D eigenvalue weighted by Gasteiger charge is 2.32. The summed E-state index contributed by atoms with van der Waals surface area (Å²) in [6.45, 7) is 4.78. The number of ether oxygens (including phenoxy) is 1. The maximum Gasteiger partial charge on any atom is 0.122 e. The van der Waals surface area contributed by atoms with Crippen LogP contribution in [-0.2, 0) is 13.0 Å². The second-order valence-corrected chi connectivity index (χ2v) is 6.75. The van der Waals surface area contributed by atoms with Crippen LogP contribution >= 0.6 is 12.4 Å². The lowest BCUT2D eigenvalue weighted by Crippen LogP contribution is -2.23. The molecule has 0 unspecified atom stereocenters. The van der Waals surface area contributed by atoms with Crippen molar-refractivity contribution >= 4 is 12.4 Å². The Bertz CT molecular complexity index is 677. The summed E-state index contributed by atoms with van der Waals surface area (Å²) in [5.74, 6) is 2.17. The molecule has 4 rings (SSSR count). The Kier molecular flexibility index (Phi) is 5.44. The van der Waals surface area contributed by atoms with Gasteiger partial charge in [-0.25, -0.2) is 0 Å². The third kappa shape index (κ3) is 3.44. The molecule has 4 heteroatoms. The summed E-state index contributed by atoms with van der Waals surface area (Å²) < 4.78 is 5.60. The van der Waals surface area contributed by atoms with E-state index in [2.05, 4.69) is 53.4 Å². The molecule has 0 bridgehead atoms. The van der Waals surface area contributed by atoms with Crippen molar-refractivity contribution in [3.05, 3.63) is 65.2 Å². The molecule has 2 aromatic carbocycles. The van der Waals surface area contributed by atoms with Crippen LogP contribution in [0.25, 0.3) is 0 Å². The fourth-order valence-corrected chi connectivity index (χ4v) is 4.00. The molecule has 0 aromatic heterocycles. The largest absolute Gasteiger partial charge is 0.493 e. The average molecular weight is 345 g/mol. The predicted octanol–water partition coefficient (Wildman–Crippen LogP) is 3.22. The zero-order valence-corrected chi connectivity index (χ0v) is 14.7. The van der Waals surface area contributed by atoms with Crippen LogP contribution in [0.2, 0.25) is 0 Å². The molecule has 1 fully saturated rings. The molecule has 0 spiro atoms. The van der Waals surface area contributed by atoms with Crippen LogP contribution < -0.4 is 10.5 Å². The van der Waals surface area contributed by atoms with Crippen LogP contribution in [0.15, 0.2) is 48.5 Å². The van der Waals surface area contributed by atoms with E-state index in [1.165, 1.54) is 16.7 Å². The zero-order chi connectivity index (χ0) is 15.6. The minimum Gasteiger partial charge on any atom is -0.493 e. The van der Waals surface area contributed by atoms with Crippen LogP contribution in [0.3, 0.4) is 0 Å². The molecule has 128 valence electrons. The van der Waals surface area contributed by atoms with Crippen LogP contribution in [0.1, 0.15) is 22.6 Å². The van der Waals surface area contributed by atoms with Crippen LogP contribution in [0.5, 0.6) is 5.75 Å². The van der Waals surface area contributed by atoms with E-state index >= 15 is 0 Å². The summed E-state index contributed by atoms with van der Waals surface area (Å²) in [4.78, 5) is 2.55. The van der Waals surface area contributed by atoms with E-state index < -0.39 is 0 Å². The van der Waals surface area contributed by atoms with Crippen LogP contribution in [-0.4, -0.2) is 31.1 Å². The molecule has 2 atom stereocenters. The lowest BCUT2D eigenvalue weighted by molar-refractivity contribution is 0.316. The first-order valence-corrected chi connectivity index (χ1v) is 8.55. The van der Waals surface area contributed by atoms with E-state index in [0.717, 1.165) is 45.0 Å². The van der Waals surface area contributed by atoms with Crippen molar-refractivity contribution in [2.45, 2.75) is 18.9 Å². The molecular formula is C20H25ClN2O. The summed E-state index contributed by atoms with van der Waals surface area (Å²) in [7, 11) is 0. The van der Waals surface area contributed by atoms with Crippen LogP contribution in [0.4, 0.5) is 0 Å². The molecule has 0 radical (unpaired) electrons. The first-order valence-electron chi connectivity index (χ1n) is 8.55. The lowest BCUT2D eigenvalue weighted by Gasteiger charge is -2.17. The molecule has 3 nitrogen and oxygen atoms in total. The van der Waals surface area contributed by atoms with Crippen molar-refractivity contribution < 1.29 is 4.74 Å². The quantitative estimate of drug-likeness (QED) is 0.925. The number of likely N-dealkylation sites (tertiary alicyclic amines) is 1. The molecule has 0 aliphatic carbocycles. The molecule has 24 heavy (non-hydrogen) atoms. The van der Waals surface area contributed by atoms with Crippen molar-refractivity contribution in [3.63, 3.8) is 0 Å². The second-order valence-electron chi connectivity index (χ2n) is 6.75. The van der Waals surface area contributed by atoms with Gasteiger partial charge >= 0.3 is 0 Å². The summed E-state index contributed by atoms with van der Waals surface area (Å²) in [5, 5.41) is 0. The van der Waals surface area contributed by atoms with E-state index in [-0.39, 0.29) is 12.4 Å². The molecule has 2 N–H and O–H groups in total. The number of hydrogen-bond acceptors (Lipinski definition) is 3. The molecule has 2 aromatic rings. The van der Waals surface area contributed by atoms with Gasteiger partial charge in [-0.1, -0.05) is 42.5 Å². The Morgan fingerprint density at radius 3 is 2.71 bits per heavy atom. The average Bonchev–Trinajstić information content (AvgIpc) is 3.21. The minimum absolute atomic E-state index is 0. The topological polar surface area (TPSA) is 38.5 Å². The molecular weight excluding hydrogens is 320 g/mol. The number of fused-ring (bicyclic) bond motifs is 1. The Hall–Kier alpha value is -1.55. The first kappa shape index (κ1) is 17.3. The highest BCUT2D eigenvalue weighted by atomic mass is 35.5. The number of rotatable bonds is 4. The van der Waals surface area contributed by atoms with Crippen molar-refractivity contribution in [1.29, 1.82) is 0 Å². The van der Waals surface area contributed by atoms with Gasteiger partial charge in [-0.2, -0.15) is 0 Å². The normalized spacial score (nSPS) is 22.7. The molecule has 0 saturated carbocycles. The van der Waals surface area contributed by atoms with E-state index in [4.69, 9.17) is 10.5 Å². The molecule has 2 aliphatic heterocycles. The second kappa shape index (κ2) is 7.56. The van der Waals surface area contributed by atoms with Gasteiger partial charge in [-0.3, -0.25) is 4.90 Å². The number of hydrogen-bond donors (Lipinski definition) is 1. The molecule has 0 amide bonds. The van der Waals surface area contributed by atoms with E-state index in [1.807, 2.05) is 0 Å². The van der Waals surface area contributed by atoms with Gasteiger partial charge in [-0.05, 0) is 35.2 Å². The Balaban J connectivity index is 0.00000169. The van der Waals surface area contributed by atoms with Crippen molar-refractivity contribution in [3.8, 4) is 5.75 Å². The zero-order valence-electron chi connectivity index (χ0n) is 13.9. The van der Waals surface area contributed by atoms with E-state index in [9.17, 15) is 0 Å². The molecule has 1 saturated heterocycles. The maximum atomic E-state index is 6.05. The fourth-order valence-electron chi connectivity index (χ4n) is 4.00. The fraction of sp³-hybridized carbons (Fsp3) is 0.400. The number of halogens is 1. The van der Waals surface area contributed by atoms with Gasteiger partial charge in [0.25, 0.3) is 0 Å². The monoisotopic (exact) mass is 344 g/mol. The smallest absolute Gasteiger partial charge is 0.122 e. The summed E-state index contributed by atoms with van der Waals surface area (Å²) in [6, 6.07) is 17.5. The molecule has 2 aliphatic rings. The highest BCUT2D eigenvalue weighted by molar-refractivity contribution is 5.85. The Morgan fingerprint density at radius 2 is 1.92 bits per heavy atom. The highest BCUT2D eigenvalue weighted by Crippen LogP contribution is 2.33. The minimum atomic E-state index is 0. The Morgan fingerprint density at radius 1 is 1.08 bits per heavy atom. The molecule has 2 heterocycles. The van der Waals surface area contributed by atoms with E-state index in [1.54, 1.807) is 0 Å². The summed E-state index contributed by atoms with van der Waals surface area (Å²) in [5.41, 5.74) is 10.2. The third-order valence-electron chi connectivity index (χ3n) is 5.21. The van der Waals surface area contributed by atoms with Gasteiger partial charge in [0.1, 0.15) is 5.75 Å². The summed E-state index contributed by atoms with van der Waals surface area (Å²) in [6.07, 6.45) is 1.04. The number of nitrogens with two attached hydrogens (primary N) is 1. The standard InChI is InChI=1S/C20H24N2O.ClH/c21-11-18-13-22(14-19(18)16-4-2-1-3-5-16)12-15-6-7-20-17(10-15)8-9-23-20;/h1-7,10,18-19H,8-9,11-14,21H2;1H/t18-,19+;/m1./s1. The van der Waals surface area contributed by atoms with Gasteiger partial charge in [0.2, 0.25) is 0 Å². The van der Waals surface area contributed by atoms with Gasteiger partial charge in [-0.15, -0.1) is 12.4 Å². The van der Waals surface area contributed by atoms with Gasteiger partial charge in [0, 0.05) is 32.0 Å². The van der Waals surface area contributed by atoms with Crippen LogP contribution in [0, 0.1) is 5.92 Å². The first-order chi connectivity index (χ1) is 11.3. The third-order valence-corrected chi connectivity index (χ3v) is 5.21. The van der Waals surface area contributed by atoms with E-state index in [0.29, 0.717) is 11.8 Å². The van der Waals surface area contributed by atoms with Gasteiger partial charge < -0.3 is 10.5 Å². The van der Waals surface area contributed by atoms with Gasteiger partial charge in [0.05, 0.1) is 6.61 Å². The number of benzene rings is 2. The van der Waals surface area contributed by atoms with Crippen molar-refractivity contribution in [2.75, 3.05) is 26.2 Å². The van der Waals surface area contributed by atoms with Crippen molar-refractivity contribution in [2.24, 2.45) is 11.7 Å². The SMILES string of the molecule is Cl.NC[C@@H]1CN(Cc2ccc3c(c2)CCO3)C[C@H]1c1ccccc1.